The van der Waals surface area contributed by atoms with E-state index in [9.17, 15) is 0 Å². The zero-order valence-corrected chi connectivity index (χ0v) is 35.1. The van der Waals surface area contributed by atoms with Gasteiger partial charge in [0.05, 0.1) is 11.4 Å². The second-order valence-corrected chi connectivity index (χ2v) is 16.9. The number of fused-ring (bicyclic) bond motifs is 6. The summed E-state index contributed by atoms with van der Waals surface area (Å²) in [6.45, 7) is 13.2. The van der Waals surface area contributed by atoms with Crippen molar-refractivity contribution in [2.24, 2.45) is 0 Å². The van der Waals surface area contributed by atoms with E-state index in [-0.39, 0.29) is 0 Å². The van der Waals surface area contributed by atoms with Crippen LogP contribution in [-0.2, 0) is 0 Å². The second-order valence-electron chi connectivity index (χ2n) is 16.9. The van der Waals surface area contributed by atoms with Gasteiger partial charge in [-0.05, 0) is 121 Å². The number of hydrogen-bond donors (Lipinski definition) is 0. The lowest BCUT2D eigenvalue weighted by Crippen LogP contribution is -2.13. The van der Waals surface area contributed by atoms with Gasteiger partial charge in [0, 0.05) is 55.1 Å². The Labute approximate surface area is 351 Å². The van der Waals surface area contributed by atoms with Gasteiger partial charge in [-0.25, -0.2) is 0 Å². The van der Waals surface area contributed by atoms with Crippen molar-refractivity contribution in [1.82, 2.24) is 0 Å². The zero-order chi connectivity index (χ0) is 40.8. The average Bonchev–Trinajstić information content (AvgIpc) is 3.26. The molecule has 11 aromatic rings. The number of benzene rings is 11. The monoisotopic (exact) mass is 770 g/mol. The molecule has 60 heavy (non-hydrogen) atoms. The fourth-order valence-electron chi connectivity index (χ4n) is 10.1. The van der Waals surface area contributed by atoms with E-state index in [1.807, 2.05) is 0 Å². The molecule has 0 fully saturated rings. The summed E-state index contributed by atoms with van der Waals surface area (Å²) in [4.78, 5) is 5.03. The van der Waals surface area contributed by atoms with Gasteiger partial charge in [0.25, 0.3) is 0 Å². The summed E-state index contributed by atoms with van der Waals surface area (Å²) in [5.74, 6) is 0. The maximum atomic E-state index is 2.51. The smallest absolute Gasteiger partial charge is 0.0619 e. The summed E-state index contributed by atoms with van der Waals surface area (Å²) in [6.07, 6.45) is 0. The van der Waals surface area contributed by atoms with Gasteiger partial charge in [-0.1, -0.05) is 156 Å². The highest BCUT2D eigenvalue weighted by Gasteiger charge is 2.28. The van der Waals surface area contributed by atoms with Crippen LogP contribution in [-0.4, -0.2) is 0 Å². The van der Waals surface area contributed by atoms with Crippen molar-refractivity contribution in [3.63, 3.8) is 0 Å². The minimum Gasteiger partial charge on any atom is -0.309 e. The number of anilines is 6. The zero-order valence-electron chi connectivity index (χ0n) is 35.1. The van der Waals surface area contributed by atoms with Crippen LogP contribution >= 0.6 is 0 Å². The first-order valence-corrected chi connectivity index (χ1v) is 21.1. The molecule has 2 nitrogen and oxygen atoms in total. The maximum absolute atomic E-state index is 2.51. The Bertz CT molecular complexity index is 3250. The van der Waals surface area contributed by atoms with E-state index in [0.29, 0.717) is 0 Å². The van der Waals surface area contributed by atoms with Gasteiger partial charge < -0.3 is 9.80 Å². The summed E-state index contributed by atoms with van der Waals surface area (Å²) in [7, 11) is 0. The summed E-state index contributed by atoms with van der Waals surface area (Å²) in [5.41, 5.74) is 14.6. The Morgan fingerprint density at radius 2 is 0.583 bits per heavy atom. The first-order valence-electron chi connectivity index (χ1n) is 21.1. The number of aryl methyl sites for hydroxylation is 6. The van der Waals surface area contributed by atoms with Crippen LogP contribution in [0, 0.1) is 41.5 Å². The molecule has 0 aromatic heterocycles. The highest BCUT2D eigenvalue weighted by molar-refractivity contribution is 6.46. The first kappa shape index (κ1) is 36.0. The minimum absolute atomic E-state index is 1.15. The molecule has 0 N–H and O–H groups in total. The van der Waals surface area contributed by atoms with Gasteiger partial charge in [-0.3, -0.25) is 0 Å². The molecule has 0 aliphatic rings. The predicted molar refractivity (Wildman–Crippen MR) is 260 cm³/mol. The van der Waals surface area contributed by atoms with E-state index in [1.54, 1.807) is 0 Å². The molecule has 0 bridgehead atoms. The van der Waals surface area contributed by atoms with Gasteiger partial charge in [-0.15, -0.1) is 0 Å². The van der Waals surface area contributed by atoms with E-state index in [2.05, 4.69) is 221 Å². The van der Waals surface area contributed by atoms with Crippen LogP contribution in [0.2, 0.25) is 0 Å². The second kappa shape index (κ2) is 13.7. The largest absolute Gasteiger partial charge is 0.309 e. The van der Waals surface area contributed by atoms with E-state index >= 15 is 0 Å². The van der Waals surface area contributed by atoms with Crippen LogP contribution < -0.4 is 9.80 Å². The standard InChI is InChI=1S/C58H46N2/c1-35-21-27-41(28-22-35)59(51-31-25-37(3)33-39(51)5)57-47-15-9-7-13-45(47)55-53-43(17-11-19-49(53)57)44-18-12-20-50-54(44)56(55)46-14-8-10-16-48(46)58(50)60(42-29-23-36(2)24-30-42)52-32-26-38(4)34-40(52)6/h7-34H,1-6H3. The quantitative estimate of drug-likeness (QED) is 0.123. The highest BCUT2D eigenvalue weighted by Crippen LogP contribution is 2.55. The van der Waals surface area contributed by atoms with Crippen molar-refractivity contribution in [3.05, 3.63) is 203 Å². The highest BCUT2D eigenvalue weighted by atomic mass is 15.2. The van der Waals surface area contributed by atoms with Gasteiger partial charge in [0.15, 0.2) is 0 Å². The number of hydrogen-bond acceptors (Lipinski definition) is 2. The molecule has 0 atom stereocenters. The molecule has 288 valence electrons. The molecule has 0 unspecified atom stereocenters. The molecule has 11 rings (SSSR count). The van der Waals surface area contributed by atoms with Crippen LogP contribution in [0.5, 0.6) is 0 Å². The Kier molecular flexibility index (Phi) is 8.22. The minimum atomic E-state index is 1.15. The molecular formula is C58H46N2. The van der Waals surface area contributed by atoms with Crippen molar-refractivity contribution < 1.29 is 0 Å². The third kappa shape index (κ3) is 5.41. The van der Waals surface area contributed by atoms with E-state index in [4.69, 9.17) is 0 Å². The number of rotatable bonds is 6. The summed E-state index contributed by atoms with van der Waals surface area (Å²) < 4.78 is 0. The van der Waals surface area contributed by atoms with Crippen LogP contribution in [0.1, 0.15) is 33.4 Å². The van der Waals surface area contributed by atoms with Crippen molar-refractivity contribution >= 4 is 98.8 Å². The number of nitrogens with zero attached hydrogens (tertiary/aromatic N) is 2. The Hall–Kier alpha value is -7.16. The summed E-state index contributed by atoms with van der Waals surface area (Å²) >= 11 is 0. The Balaban J connectivity index is 1.34. The van der Waals surface area contributed by atoms with Crippen molar-refractivity contribution in [1.29, 1.82) is 0 Å². The normalized spacial score (nSPS) is 11.8. The van der Waals surface area contributed by atoms with Crippen LogP contribution in [0.3, 0.4) is 0 Å². The van der Waals surface area contributed by atoms with E-state index in [0.717, 1.165) is 11.4 Å². The van der Waals surface area contributed by atoms with Gasteiger partial charge in [0.2, 0.25) is 0 Å². The SMILES string of the molecule is Cc1ccc(N(c2ccc(C)cc2C)c2c3ccccc3c3c4c2cccc4c2cccc4c(N(c5ccc(C)cc5)c5ccc(C)cc5C)c5ccccc5c3c42)cc1. The van der Waals surface area contributed by atoms with E-state index < -0.39 is 0 Å². The molecule has 0 heterocycles. The Morgan fingerprint density at radius 3 is 0.967 bits per heavy atom. The van der Waals surface area contributed by atoms with Gasteiger partial charge >= 0.3 is 0 Å². The lowest BCUT2D eigenvalue weighted by atomic mass is 9.83. The van der Waals surface area contributed by atoms with E-state index in [1.165, 1.54) is 121 Å². The van der Waals surface area contributed by atoms with Crippen molar-refractivity contribution in [2.45, 2.75) is 41.5 Å². The maximum Gasteiger partial charge on any atom is 0.0619 e. The third-order valence-electron chi connectivity index (χ3n) is 12.8. The average molecular weight is 771 g/mol. The molecule has 0 spiro atoms. The summed E-state index contributed by atoms with van der Waals surface area (Å²) in [5, 5.41) is 15.2. The lowest BCUT2D eigenvalue weighted by molar-refractivity contribution is 1.25. The molecule has 2 heteroatoms. The first-order chi connectivity index (χ1) is 29.3. The lowest BCUT2D eigenvalue weighted by Gasteiger charge is -2.32. The van der Waals surface area contributed by atoms with Crippen LogP contribution in [0.4, 0.5) is 34.1 Å². The molecule has 0 saturated heterocycles. The molecule has 0 aliphatic carbocycles. The summed E-state index contributed by atoms with van der Waals surface area (Å²) in [6, 6.07) is 64.0. The predicted octanol–water partition coefficient (Wildman–Crippen LogP) is 16.8. The van der Waals surface area contributed by atoms with Crippen LogP contribution in [0.15, 0.2) is 170 Å². The van der Waals surface area contributed by atoms with Gasteiger partial charge in [-0.2, -0.15) is 0 Å². The fourth-order valence-corrected chi connectivity index (χ4v) is 10.1. The molecule has 0 saturated carbocycles. The van der Waals surface area contributed by atoms with Crippen molar-refractivity contribution in [3.8, 4) is 0 Å². The fraction of sp³-hybridized carbons (Fsp3) is 0.103. The molecular weight excluding hydrogens is 725 g/mol. The third-order valence-corrected chi connectivity index (χ3v) is 12.8. The van der Waals surface area contributed by atoms with Gasteiger partial charge in [0.1, 0.15) is 0 Å². The Morgan fingerprint density at radius 1 is 0.267 bits per heavy atom. The molecule has 0 amide bonds. The molecule has 0 radical (unpaired) electrons. The molecule has 11 aromatic carbocycles. The van der Waals surface area contributed by atoms with Crippen LogP contribution in [0.25, 0.3) is 64.6 Å². The van der Waals surface area contributed by atoms with Crippen molar-refractivity contribution in [2.75, 3.05) is 9.80 Å². The molecule has 0 aliphatic heterocycles. The topological polar surface area (TPSA) is 6.48 Å².